The lowest BCUT2D eigenvalue weighted by Gasteiger charge is -2.02. The summed E-state index contributed by atoms with van der Waals surface area (Å²) >= 11 is 3.18. The number of hydrogen-bond donors (Lipinski definition) is 1. The third-order valence-electron chi connectivity index (χ3n) is 3.61. The van der Waals surface area contributed by atoms with Crippen molar-refractivity contribution in [1.82, 2.24) is 15.2 Å². The molecule has 0 saturated carbocycles. The van der Waals surface area contributed by atoms with Crippen molar-refractivity contribution in [2.24, 2.45) is 0 Å². The van der Waals surface area contributed by atoms with E-state index in [1.807, 2.05) is 0 Å². The zero-order chi connectivity index (χ0) is 18.8. The molecule has 26 heavy (non-hydrogen) atoms. The predicted molar refractivity (Wildman–Crippen MR) is 90.4 cm³/mol. The number of nitrogens with zero attached hydrogens (tertiary/aromatic N) is 2. The summed E-state index contributed by atoms with van der Waals surface area (Å²) in [6, 6.07) is 3.35. The van der Waals surface area contributed by atoms with Gasteiger partial charge in [-0.1, -0.05) is 0 Å². The van der Waals surface area contributed by atoms with Gasteiger partial charge in [-0.05, 0) is 47.5 Å². The molecule has 0 aliphatic rings. The maximum atomic E-state index is 12.3. The fourth-order valence-corrected chi connectivity index (χ4v) is 2.71. The number of aromatic nitrogens is 3. The molecule has 3 aromatic rings. The standard InChI is InChI=1S/C16H14BrN3O6/c1-7-12(15(21)23-3)8(2)18-13(7)16(22)24-6-11-19-20-14(26-11)9-4-5-10(17)25-9/h4-5,18H,6H2,1-3H3. The lowest BCUT2D eigenvalue weighted by molar-refractivity contribution is 0.0431. The molecule has 0 amide bonds. The molecule has 0 fully saturated rings. The first kappa shape index (κ1) is 17.9. The second kappa shape index (κ2) is 7.16. The van der Waals surface area contributed by atoms with Crippen LogP contribution in [0.3, 0.4) is 0 Å². The van der Waals surface area contributed by atoms with E-state index in [1.165, 1.54) is 7.11 Å². The van der Waals surface area contributed by atoms with Gasteiger partial charge in [0.2, 0.25) is 0 Å². The molecule has 136 valence electrons. The average molecular weight is 424 g/mol. The molecule has 0 aliphatic heterocycles. The van der Waals surface area contributed by atoms with Crippen LogP contribution in [0.2, 0.25) is 0 Å². The summed E-state index contributed by atoms with van der Waals surface area (Å²) in [7, 11) is 1.27. The van der Waals surface area contributed by atoms with Crippen LogP contribution in [0.5, 0.6) is 0 Å². The molecular formula is C16H14BrN3O6. The molecule has 3 rings (SSSR count). The number of halogens is 1. The molecule has 1 N–H and O–H groups in total. The molecule has 9 nitrogen and oxygen atoms in total. The van der Waals surface area contributed by atoms with Crippen LogP contribution in [0, 0.1) is 13.8 Å². The molecule has 0 aliphatic carbocycles. The number of furan rings is 1. The Labute approximate surface area is 155 Å². The van der Waals surface area contributed by atoms with Gasteiger partial charge in [0.15, 0.2) is 17.0 Å². The second-order valence-electron chi connectivity index (χ2n) is 5.30. The number of aryl methyl sites for hydroxylation is 1. The number of rotatable bonds is 5. The maximum absolute atomic E-state index is 12.3. The first-order chi connectivity index (χ1) is 12.4. The van der Waals surface area contributed by atoms with Crippen molar-refractivity contribution in [3.8, 4) is 11.7 Å². The zero-order valence-electron chi connectivity index (χ0n) is 14.1. The van der Waals surface area contributed by atoms with Gasteiger partial charge in [0.1, 0.15) is 5.69 Å². The lowest BCUT2D eigenvalue weighted by Crippen LogP contribution is -2.08. The van der Waals surface area contributed by atoms with E-state index < -0.39 is 11.9 Å². The van der Waals surface area contributed by atoms with Crippen LogP contribution in [-0.4, -0.2) is 34.2 Å². The van der Waals surface area contributed by atoms with Crippen molar-refractivity contribution in [2.75, 3.05) is 7.11 Å². The topological polar surface area (TPSA) is 120 Å². The Bertz CT molecular complexity index is 971. The highest BCUT2D eigenvalue weighted by Gasteiger charge is 2.24. The SMILES string of the molecule is COC(=O)c1c(C)[nH]c(C(=O)OCc2nnc(-c3ccc(Br)o3)o2)c1C. The minimum Gasteiger partial charge on any atom is -0.465 e. The van der Waals surface area contributed by atoms with Gasteiger partial charge in [-0.15, -0.1) is 10.2 Å². The zero-order valence-corrected chi connectivity index (χ0v) is 15.7. The first-order valence-corrected chi connectivity index (χ1v) is 8.22. The van der Waals surface area contributed by atoms with E-state index in [0.717, 1.165) is 0 Å². The second-order valence-corrected chi connectivity index (χ2v) is 6.08. The number of H-pyrrole nitrogens is 1. The largest absolute Gasteiger partial charge is 0.465 e. The lowest BCUT2D eigenvalue weighted by atomic mass is 10.1. The molecule has 0 spiro atoms. The van der Waals surface area contributed by atoms with Crippen LogP contribution in [0.1, 0.15) is 38.0 Å². The summed E-state index contributed by atoms with van der Waals surface area (Å²) in [4.78, 5) is 26.9. The third-order valence-corrected chi connectivity index (χ3v) is 4.03. The maximum Gasteiger partial charge on any atom is 0.355 e. The van der Waals surface area contributed by atoms with Crippen LogP contribution < -0.4 is 0 Å². The van der Waals surface area contributed by atoms with Crippen molar-refractivity contribution in [3.63, 3.8) is 0 Å². The number of hydrogen-bond acceptors (Lipinski definition) is 8. The molecule has 10 heteroatoms. The number of methoxy groups -OCH3 is 1. The third kappa shape index (κ3) is 3.40. The molecule has 0 bridgehead atoms. The number of nitrogens with one attached hydrogen (secondary N) is 1. The van der Waals surface area contributed by atoms with E-state index in [0.29, 0.717) is 27.3 Å². The monoisotopic (exact) mass is 423 g/mol. The van der Waals surface area contributed by atoms with Gasteiger partial charge < -0.3 is 23.3 Å². The molecule has 0 radical (unpaired) electrons. The Hall–Kier alpha value is -2.88. The number of carbonyl (C=O) groups is 2. The van der Waals surface area contributed by atoms with Gasteiger partial charge in [0.25, 0.3) is 11.8 Å². The van der Waals surface area contributed by atoms with E-state index in [-0.39, 0.29) is 24.1 Å². The van der Waals surface area contributed by atoms with E-state index in [9.17, 15) is 9.59 Å². The minimum absolute atomic E-state index is 0.106. The van der Waals surface area contributed by atoms with Crippen molar-refractivity contribution in [3.05, 3.63) is 45.2 Å². The Morgan fingerprint density at radius 2 is 1.96 bits per heavy atom. The van der Waals surface area contributed by atoms with E-state index in [2.05, 4.69) is 31.1 Å². The van der Waals surface area contributed by atoms with Gasteiger partial charge in [0.05, 0.1) is 12.7 Å². The Kier molecular flexibility index (Phi) is 4.94. The summed E-state index contributed by atoms with van der Waals surface area (Å²) in [5.74, 6) is -0.514. The summed E-state index contributed by atoms with van der Waals surface area (Å²) in [5, 5.41) is 7.63. The Balaban J connectivity index is 1.70. The molecule has 0 unspecified atom stereocenters. The van der Waals surface area contributed by atoms with Crippen molar-refractivity contribution < 1.29 is 27.9 Å². The smallest absolute Gasteiger partial charge is 0.355 e. The molecule has 0 atom stereocenters. The van der Waals surface area contributed by atoms with Crippen molar-refractivity contribution in [2.45, 2.75) is 20.5 Å². The van der Waals surface area contributed by atoms with Gasteiger partial charge in [-0.2, -0.15) is 0 Å². The summed E-state index contributed by atoms with van der Waals surface area (Å²) in [6.07, 6.45) is 0. The van der Waals surface area contributed by atoms with Crippen LogP contribution in [0.4, 0.5) is 0 Å². The van der Waals surface area contributed by atoms with E-state index in [1.54, 1.807) is 26.0 Å². The highest BCUT2D eigenvalue weighted by atomic mass is 79.9. The Morgan fingerprint density at radius 3 is 2.62 bits per heavy atom. The van der Waals surface area contributed by atoms with Gasteiger partial charge in [0, 0.05) is 5.69 Å². The minimum atomic E-state index is -0.652. The fraction of sp³-hybridized carbons (Fsp3) is 0.250. The Morgan fingerprint density at radius 1 is 1.19 bits per heavy atom. The molecular weight excluding hydrogens is 410 g/mol. The van der Waals surface area contributed by atoms with Gasteiger partial charge in [-0.25, -0.2) is 9.59 Å². The highest BCUT2D eigenvalue weighted by Crippen LogP contribution is 2.24. The van der Waals surface area contributed by atoms with Crippen LogP contribution in [0.25, 0.3) is 11.7 Å². The molecule has 3 heterocycles. The normalized spacial score (nSPS) is 10.8. The fourth-order valence-electron chi connectivity index (χ4n) is 2.40. The van der Waals surface area contributed by atoms with Gasteiger partial charge in [-0.3, -0.25) is 0 Å². The van der Waals surface area contributed by atoms with Gasteiger partial charge >= 0.3 is 11.9 Å². The van der Waals surface area contributed by atoms with E-state index >= 15 is 0 Å². The van der Waals surface area contributed by atoms with Crippen molar-refractivity contribution in [1.29, 1.82) is 0 Å². The summed E-state index contributed by atoms with van der Waals surface area (Å²) < 4.78 is 21.1. The van der Waals surface area contributed by atoms with Crippen LogP contribution >= 0.6 is 15.9 Å². The number of aromatic amines is 1. The summed E-state index contributed by atoms with van der Waals surface area (Å²) in [5.41, 5.74) is 1.44. The summed E-state index contributed by atoms with van der Waals surface area (Å²) in [6.45, 7) is 3.08. The first-order valence-electron chi connectivity index (χ1n) is 7.43. The number of ether oxygens (including phenoxy) is 2. The van der Waals surface area contributed by atoms with Crippen LogP contribution in [-0.2, 0) is 16.1 Å². The number of esters is 2. The van der Waals surface area contributed by atoms with Crippen molar-refractivity contribution >= 4 is 27.9 Å². The molecule has 3 aromatic heterocycles. The highest BCUT2D eigenvalue weighted by molar-refractivity contribution is 9.10. The quantitative estimate of drug-likeness (QED) is 0.620. The average Bonchev–Trinajstić information content (AvgIpc) is 3.31. The van der Waals surface area contributed by atoms with Crippen LogP contribution in [0.15, 0.2) is 25.6 Å². The number of carbonyl (C=O) groups excluding carboxylic acids is 2. The van der Waals surface area contributed by atoms with E-state index in [4.69, 9.17) is 18.3 Å². The predicted octanol–water partition coefficient (Wildman–Crippen LogP) is 3.18. The molecule has 0 saturated heterocycles. The molecule has 0 aromatic carbocycles.